The highest BCUT2D eigenvalue weighted by Crippen LogP contribution is 2.30. The van der Waals surface area contributed by atoms with Crippen LogP contribution in [0.2, 0.25) is 0 Å². The number of hydrogen-bond acceptors (Lipinski definition) is 6. The van der Waals surface area contributed by atoms with Gasteiger partial charge in [-0.15, -0.1) is 11.3 Å². The Hall–Kier alpha value is -3.23. The number of likely N-dealkylation sites (tertiary alicyclic amines) is 1. The Kier molecular flexibility index (Phi) is 5.86. The Balaban J connectivity index is 1.26. The number of likely N-dealkylation sites (N-methyl/N-ethyl adjacent to an activating group) is 1. The molecule has 0 spiro atoms. The number of benzene rings is 2. The van der Waals surface area contributed by atoms with Crippen molar-refractivity contribution in [3.05, 3.63) is 75.8 Å². The fourth-order valence-electron chi connectivity index (χ4n) is 4.55. The van der Waals surface area contributed by atoms with Gasteiger partial charge in [0.15, 0.2) is 5.13 Å². The average Bonchev–Trinajstić information content (AvgIpc) is 3.45. The van der Waals surface area contributed by atoms with Crippen molar-refractivity contribution in [1.29, 1.82) is 0 Å². The van der Waals surface area contributed by atoms with Crippen molar-refractivity contribution in [2.45, 2.75) is 25.3 Å². The number of fused-ring (bicyclic) bond motifs is 1. The fourth-order valence-corrected chi connectivity index (χ4v) is 5.63. The number of thiazole rings is 1. The number of aromatic nitrogens is 1. The van der Waals surface area contributed by atoms with Gasteiger partial charge < -0.3 is 15.5 Å². The zero-order valence-electron chi connectivity index (χ0n) is 18.6. The lowest BCUT2D eigenvalue weighted by molar-refractivity contribution is 0.0790. The summed E-state index contributed by atoms with van der Waals surface area (Å²) < 4.78 is 0. The Labute approximate surface area is 197 Å². The van der Waals surface area contributed by atoms with Crippen molar-refractivity contribution < 1.29 is 9.59 Å². The van der Waals surface area contributed by atoms with E-state index < -0.39 is 0 Å². The molecule has 3 aromatic rings. The third-order valence-electron chi connectivity index (χ3n) is 6.37. The second-order valence-electron chi connectivity index (χ2n) is 8.82. The molecule has 0 radical (unpaired) electrons. The maximum absolute atomic E-state index is 12.9. The van der Waals surface area contributed by atoms with Crippen LogP contribution in [0.25, 0.3) is 0 Å². The number of rotatable bonds is 4. The molecule has 1 saturated heterocycles. The first-order chi connectivity index (χ1) is 16.0. The first-order valence-electron chi connectivity index (χ1n) is 11.2. The van der Waals surface area contributed by atoms with E-state index in [4.69, 9.17) is 5.73 Å². The molecule has 1 unspecified atom stereocenters. The standard InChI is InChI=1S/C25H27N5O2S/c1-29-10-9-21-22(15-29)33-25(27-21)28-23(31)17-5-2-4-16(12-17)19-8-11-30(14-19)24(32)18-6-3-7-20(26)13-18/h2-7,12-13,19H,8-11,14-15,26H2,1H3,(H,27,28,31). The summed E-state index contributed by atoms with van der Waals surface area (Å²) in [4.78, 5) is 35.7. The van der Waals surface area contributed by atoms with Gasteiger partial charge in [-0.2, -0.15) is 0 Å². The van der Waals surface area contributed by atoms with Crippen molar-refractivity contribution in [2.24, 2.45) is 0 Å². The molecule has 1 fully saturated rings. The van der Waals surface area contributed by atoms with E-state index in [2.05, 4.69) is 22.2 Å². The summed E-state index contributed by atoms with van der Waals surface area (Å²) in [5.41, 5.74) is 9.81. The van der Waals surface area contributed by atoms with Crippen molar-refractivity contribution in [3.63, 3.8) is 0 Å². The van der Waals surface area contributed by atoms with Crippen molar-refractivity contribution in [2.75, 3.05) is 37.7 Å². The lowest BCUT2D eigenvalue weighted by Gasteiger charge is -2.20. The molecule has 2 amide bonds. The van der Waals surface area contributed by atoms with Gasteiger partial charge in [0.2, 0.25) is 0 Å². The summed E-state index contributed by atoms with van der Waals surface area (Å²) in [7, 11) is 2.10. The largest absolute Gasteiger partial charge is 0.399 e. The van der Waals surface area contributed by atoms with Crippen molar-refractivity contribution >= 4 is 34.0 Å². The van der Waals surface area contributed by atoms with Crippen LogP contribution >= 0.6 is 11.3 Å². The molecule has 2 aromatic carbocycles. The van der Waals surface area contributed by atoms with Crippen LogP contribution in [0.15, 0.2) is 48.5 Å². The number of carbonyl (C=O) groups is 2. The van der Waals surface area contributed by atoms with Crippen LogP contribution in [0.4, 0.5) is 10.8 Å². The van der Waals surface area contributed by atoms with Gasteiger partial charge in [0.1, 0.15) is 0 Å². The fraction of sp³-hybridized carbons (Fsp3) is 0.320. The molecular formula is C25H27N5O2S. The summed E-state index contributed by atoms with van der Waals surface area (Å²) in [6, 6.07) is 14.8. The first-order valence-corrected chi connectivity index (χ1v) is 12.0. The van der Waals surface area contributed by atoms with Crippen LogP contribution in [0.1, 0.15) is 49.2 Å². The van der Waals surface area contributed by atoms with Crippen molar-refractivity contribution in [1.82, 2.24) is 14.8 Å². The molecule has 5 rings (SSSR count). The van der Waals surface area contributed by atoms with Gasteiger partial charge in [-0.3, -0.25) is 14.9 Å². The maximum Gasteiger partial charge on any atom is 0.257 e. The van der Waals surface area contributed by atoms with E-state index in [0.29, 0.717) is 35.0 Å². The molecule has 3 heterocycles. The van der Waals surface area contributed by atoms with Gasteiger partial charge in [-0.1, -0.05) is 18.2 Å². The van der Waals surface area contributed by atoms with Gasteiger partial charge in [0, 0.05) is 60.2 Å². The minimum absolute atomic E-state index is 0.00270. The normalized spacial score (nSPS) is 18.2. The van der Waals surface area contributed by atoms with Crippen LogP contribution < -0.4 is 11.1 Å². The number of nitrogens with zero attached hydrogens (tertiary/aromatic N) is 3. The number of hydrogen-bond donors (Lipinski definition) is 2. The van der Waals surface area contributed by atoms with Crippen LogP contribution in [0.5, 0.6) is 0 Å². The highest BCUT2D eigenvalue weighted by molar-refractivity contribution is 7.15. The van der Waals surface area contributed by atoms with Gasteiger partial charge in [0.05, 0.1) is 5.69 Å². The maximum atomic E-state index is 12.9. The zero-order chi connectivity index (χ0) is 22.9. The van der Waals surface area contributed by atoms with E-state index in [1.165, 1.54) is 4.88 Å². The molecule has 170 valence electrons. The first kappa shape index (κ1) is 21.6. The third kappa shape index (κ3) is 4.62. The zero-order valence-corrected chi connectivity index (χ0v) is 19.4. The molecule has 2 aliphatic heterocycles. The van der Waals surface area contributed by atoms with E-state index in [0.717, 1.165) is 37.2 Å². The van der Waals surface area contributed by atoms with E-state index in [1.807, 2.05) is 29.2 Å². The average molecular weight is 462 g/mol. The minimum Gasteiger partial charge on any atom is -0.399 e. The quantitative estimate of drug-likeness (QED) is 0.580. The summed E-state index contributed by atoms with van der Waals surface area (Å²) in [5.74, 6) is 0.0459. The smallest absolute Gasteiger partial charge is 0.257 e. The van der Waals surface area contributed by atoms with Gasteiger partial charge in [0.25, 0.3) is 11.8 Å². The van der Waals surface area contributed by atoms with Crippen LogP contribution in [-0.2, 0) is 13.0 Å². The van der Waals surface area contributed by atoms with Crippen LogP contribution in [0.3, 0.4) is 0 Å². The number of carbonyl (C=O) groups excluding carboxylic acids is 2. The van der Waals surface area contributed by atoms with E-state index in [-0.39, 0.29) is 17.7 Å². The number of anilines is 2. The highest BCUT2D eigenvalue weighted by atomic mass is 32.1. The predicted octanol–water partition coefficient (Wildman–Crippen LogP) is 3.60. The Morgan fingerprint density at radius 1 is 1.12 bits per heavy atom. The molecule has 1 atom stereocenters. The third-order valence-corrected chi connectivity index (χ3v) is 7.37. The molecule has 0 bridgehead atoms. The SMILES string of the molecule is CN1CCc2nc(NC(=O)c3cccc(C4CCN(C(=O)c5cccc(N)c5)C4)c3)sc2C1. The van der Waals surface area contributed by atoms with E-state index >= 15 is 0 Å². The number of amides is 2. The summed E-state index contributed by atoms with van der Waals surface area (Å²) in [5, 5.41) is 3.63. The topological polar surface area (TPSA) is 91.6 Å². The molecule has 1 aromatic heterocycles. The molecule has 2 aliphatic rings. The van der Waals surface area contributed by atoms with Crippen LogP contribution in [-0.4, -0.2) is 53.3 Å². The Morgan fingerprint density at radius 2 is 1.94 bits per heavy atom. The van der Waals surface area contributed by atoms with E-state index in [1.54, 1.807) is 35.6 Å². The lowest BCUT2D eigenvalue weighted by atomic mass is 9.96. The van der Waals surface area contributed by atoms with Crippen molar-refractivity contribution in [3.8, 4) is 0 Å². The minimum atomic E-state index is -0.151. The lowest BCUT2D eigenvalue weighted by Crippen LogP contribution is -2.28. The molecule has 0 saturated carbocycles. The second kappa shape index (κ2) is 8.96. The molecule has 33 heavy (non-hydrogen) atoms. The number of nitrogens with two attached hydrogens (primary N) is 1. The monoisotopic (exact) mass is 461 g/mol. The summed E-state index contributed by atoms with van der Waals surface area (Å²) in [6.07, 6.45) is 1.78. The predicted molar refractivity (Wildman–Crippen MR) is 131 cm³/mol. The van der Waals surface area contributed by atoms with Gasteiger partial charge >= 0.3 is 0 Å². The Bertz CT molecular complexity index is 1210. The second-order valence-corrected chi connectivity index (χ2v) is 9.90. The summed E-state index contributed by atoms with van der Waals surface area (Å²) in [6.45, 7) is 3.19. The van der Waals surface area contributed by atoms with Crippen LogP contribution in [0, 0.1) is 0 Å². The highest BCUT2D eigenvalue weighted by Gasteiger charge is 2.28. The van der Waals surface area contributed by atoms with Gasteiger partial charge in [-0.25, -0.2) is 4.98 Å². The molecule has 8 heteroatoms. The molecule has 7 nitrogen and oxygen atoms in total. The number of nitrogens with one attached hydrogen (secondary N) is 1. The molecule has 3 N–H and O–H groups in total. The van der Waals surface area contributed by atoms with Gasteiger partial charge in [-0.05, 0) is 49.4 Å². The summed E-state index contributed by atoms with van der Waals surface area (Å²) >= 11 is 1.56. The molecular weight excluding hydrogens is 434 g/mol. The van der Waals surface area contributed by atoms with E-state index in [9.17, 15) is 9.59 Å². The molecule has 0 aliphatic carbocycles. The Morgan fingerprint density at radius 3 is 2.79 bits per heavy atom. The number of nitrogen functional groups attached to an aromatic ring is 1.